The van der Waals surface area contributed by atoms with Crippen LogP contribution >= 0.6 is 22.9 Å². The summed E-state index contributed by atoms with van der Waals surface area (Å²) >= 11 is 7.56. The summed E-state index contributed by atoms with van der Waals surface area (Å²) in [6.45, 7) is 5.69. The van der Waals surface area contributed by atoms with Crippen molar-refractivity contribution in [1.29, 1.82) is 0 Å². The maximum Gasteiger partial charge on any atom is 0.239 e. The highest BCUT2D eigenvalue weighted by atomic mass is 35.5. The summed E-state index contributed by atoms with van der Waals surface area (Å²) in [5, 5.41) is 11.9. The van der Waals surface area contributed by atoms with Crippen LogP contribution in [0.1, 0.15) is 20.8 Å². The lowest BCUT2D eigenvalue weighted by Gasteiger charge is -2.31. The van der Waals surface area contributed by atoms with Crippen LogP contribution in [0.4, 0.5) is 5.00 Å². The van der Waals surface area contributed by atoms with Crippen molar-refractivity contribution in [3.63, 3.8) is 0 Å². The molecule has 5 nitrogen and oxygen atoms in total. The van der Waals surface area contributed by atoms with Gasteiger partial charge < -0.3 is 14.7 Å². The highest BCUT2D eigenvalue weighted by molar-refractivity contribution is 7.19. The fraction of sp³-hybridized carbons (Fsp3) is 0.375. The number of aliphatic hydroxyl groups excluding tert-OH is 1. The fourth-order valence-corrected chi connectivity index (χ4v) is 3.13. The van der Waals surface area contributed by atoms with E-state index in [1.165, 1.54) is 16.2 Å². The first kappa shape index (κ1) is 17.7. The molecule has 1 atom stereocenters. The number of hydrogen-bond acceptors (Lipinski definition) is 6. The van der Waals surface area contributed by atoms with Gasteiger partial charge in [0.05, 0.1) is 12.1 Å². The van der Waals surface area contributed by atoms with Crippen molar-refractivity contribution in [1.82, 2.24) is 9.97 Å². The number of thiazole rings is 1. The van der Waals surface area contributed by atoms with Gasteiger partial charge in [-0.1, -0.05) is 28.9 Å². The Labute approximate surface area is 144 Å². The molecule has 7 heteroatoms. The van der Waals surface area contributed by atoms with Gasteiger partial charge in [0.15, 0.2) is 5.15 Å². The average Bonchev–Trinajstić information content (AvgIpc) is 2.85. The van der Waals surface area contributed by atoms with E-state index in [9.17, 15) is 5.11 Å². The van der Waals surface area contributed by atoms with Crippen LogP contribution in [0.3, 0.4) is 0 Å². The molecule has 23 heavy (non-hydrogen) atoms. The number of rotatable bonds is 5. The highest BCUT2D eigenvalue weighted by Crippen LogP contribution is 2.38. The Morgan fingerprint density at radius 1 is 1.52 bits per heavy atom. The van der Waals surface area contributed by atoms with E-state index in [0.717, 1.165) is 5.56 Å². The number of halogens is 1. The molecule has 0 spiro atoms. The lowest BCUT2D eigenvalue weighted by atomic mass is 10.2. The second-order valence-electron chi connectivity index (χ2n) is 5.75. The minimum Gasteiger partial charge on any atom is -0.351 e. The summed E-state index contributed by atoms with van der Waals surface area (Å²) in [7, 11) is 0. The van der Waals surface area contributed by atoms with Crippen LogP contribution in [0.2, 0.25) is 5.15 Å². The summed E-state index contributed by atoms with van der Waals surface area (Å²) < 4.78 is 5.57. The molecule has 2 heterocycles. The number of aliphatic hydroxyl groups is 1. The monoisotopic (exact) mass is 351 g/mol. The highest BCUT2D eigenvalue weighted by Gasteiger charge is 2.26. The van der Waals surface area contributed by atoms with Crippen LogP contribution in [-0.2, 0) is 4.74 Å². The molecule has 0 aromatic carbocycles. The maximum absolute atomic E-state index is 10.3. The van der Waals surface area contributed by atoms with E-state index in [0.29, 0.717) is 10.0 Å². The molecule has 0 bridgehead atoms. The third-order valence-corrected chi connectivity index (χ3v) is 4.24. The number of ether oxygens (including phenoxy) is 1. The van der Waals surface area contributed by atoms with Crippen LogP contribution in [0.15, 0.2) is 24.5 Å². The van der Waals surface area contributed by atoms with Crippen LogP contribution < -0.4 is 4.90 Å². The average molecular weight is 352 g/mol. The minimum atomic E-state index is -1.22. The summed E-state index contributed by atoms with van der Waals surface area (Å²) in [5.41, 5.74) is 0.313. The Bertz CT molecular complexity index is 692. The molecule has 1 unspecified atom stereocenters. The van der Waals surface area contributed by atoms with Gasteiger partial charge in [-0.2, -0.15) is 0 Å². The van der Waals surface area contributed by atoms with E-state index in [-0.39, 0.29) is 11.7 Å². The maximum atomic E-state index is 10.3. The topological polar surface area (TPSA) is 58.5 Å². The van der Waals surface area contributed by atoms with Crippen molar-refractivity contribution in [2.24, 2.45) is 0 Å². The molecule has 2 aromatic heterocycles. The predicted molar refractivity (Wildman–Crippen MR) is 93.4 cm³/mol. The predicted octanol–water partition coefficient (Wildman–Crippen LogP) is 3.39. The van der Waals surface area contributed by atoms with Crippen molar-refractivity contribution in [3.05, 3.63) is 29.7 Å². The van der Waals surface area contributed by atoms with Crippen molar-refractivity contribution in [2.75, 3.05) is 11.4 Å². The van der Waals surface area contributed by atoms with Gasteiger partial charge in [0, 0.05) is 18.0 Å². The molecular weight excluding hydrogens is 334 g/mol. The number of aromatic nitrogens is 2. The van der Waals surface area contributed by atoms with E-state index in [1.54, 1.807) is 12.4 Å². The lowest BCUT2D eigenvalue weighted by Crippen LogP contribution is -2.42. The fourth-order valence-electron chi connectivity index (χ4n) is 1.81. The van der Waals surface area contributed by atoms with Crippen molar-refractivity contribution in [2.45, 2.75) is 32.8 Å². The summed E-state index contributed by atoms with van der Waals surface area (Å²) in [4.78, 5) is 9.90. The number of terminal acetylenes is 1. The van der Waals surface area contributed by atoms with Gasteiger partial charge in [-0.25, -0.2) is 4.98 Å². The number of nitrogens with zero attached hydrogens (tertiary/aromatic N) is 3. The van der Waals surface area contributed by atoms with Gasteiger partial charge in [-0.3, -0.25) is 4.98 Å². The molecule has 0 radical (unpaired) electrons. The van der Waals surface area contributed by atoms with Gasteiger partial charge in [0.2, 0.25) is 6.41 Å². The van der Waals surface area contributed by atoms with Gasteiger partial charge in [-0.05, 0) is 32.9 Å². The minimum absolute atomic E-state index is 0.144. The SMILES string of the molecule is C#CCN(c1sc(-c2cccnc2)nc1Cl)C(O)OC(C)(C)C. The van der Waals surface area contributed by atoms with Crippen molar-refractivity contribution in [3.8, 4) is 22.9 Å². The molecule has 0 fully saturated rings. The molecule has 2 aromatic rings. The Morgan fingerprint density at radius 3 is 2.83 bits per heavy atom. The van der Waals surface area contributed by atoms with Gasteiger partial charge in [-0.15, -0.1) is 6.42 Å². The molecule has 0 aliphatic carbocycles. The number of anilines is 1. The van der Waals surface area contributed by atoms with Crippen LogP contribution in [0.25, 0.3) is 10.6 Å². The quantitative estimate of drug-likeness (QED) is 0.661. The largest absolute Gasteiger partial charge is 0.351 e. The number of pyridine rings is 1. The standard InChI is InChI=1S/C16H18ClN3O2S/c1-5-9-20(15(21)22-16(2,3)4)14-12(17)19-13(23-14)11-7-6-8-18-10-11/h1,6-8,10,15,21H,9H2,2-4H3. The van der Waals surface area contributed by atoms with E-state index in [2.05, 4.69) is 15.9 Å². The Balaban J connectivity index is 2.33. The first-order valence-electron chi connectivity index (χ1n) is 6.94. The molecule has 0 amide bonds. The molecule has 0 saturated heterocycles. The molecule has 122 valence electrons. The van der Waals surface area contributed by atoms with E-state index in [1.807, 2.05) is 32.9 Å². The Morgan fingerprint density at radius 2 is 2.26 bits per heavy atom. The molecule has 0 saturated carbocycles. The second-order valence-corrected chi connectivity index (χ2v) is 7.08. The zero-order valence-electron chi connectivity index (χ0n) is 13.2. The van der Waals surface area contributed by atoms with Crippen molar-refractivity contribution >= 4 is 27.9 Å². The van der Waals surface area contributed by atoms with Gasteiger partial charge in [0.1, 0.15) is 10.0 Å². The molecular formula is C16H18ClN3O2S. The Kier molecular flexibility index (Phi) is 5.60. The van der Waals surface area contributed by atoms with E-state index in [4.69, 9.17) is 22.8 Å². The second kappa shape index (κ2) is 7.28. The summed E-state index contributed by atoms with van der Waals surface area (Å²) in [5.74, 6) is 2.50. The third-order valence-electron chi connectivity index (χ3n) is 2.73. The smallest absolute Gasteiger partial charge is 0.239 e. The molecule has 0 aliphatic rings. The summed E-state index contributed by atoms with van der Waals surface area (Å²) in [6.07, 6.45) is 7.58. The zero-order valence-corrected chi connectivity index (χ0v) is 14.7. The zero-order chi connectivity index (χ0) is 17.0. The van der Waals surface area contributed by atoms with Gasteiger partial charge >= 0.3 is 0 Å². The molecule has 2 rings (SSSR count). The first-order valence-corrected chi connectivity index (χ1v) is 8.14. The van der Waals surface area contributed by atoms with E-state index >= 15 is 0 Å². The normalized spacial score (nSPS) is 12.7. The van der Waals surface area contributed by atoms with E-state index < -0.39 is 12.0 Å². The van der Waals surface area contributed by atoms with Crippen LogP contribution in [-0.4, -0.2) is 33.6 Å². The molecule has 0 aliphatic heterocycles. The third kappa shape index (κ3) is 4.66. The van der Waals surface area contributed by atoms with Crippen LogP contribution in [0.5, 0.6) is 0 Å². The summed E-state index contributed by atoms with van der Waals surface area (Å²) in [6, 6.07) is 3.71. The lowest BCUT2D eigenvalue weighted by molar-refractivity contribution is -0.163. The van der Waals surface area contributed by atoms with Crippen LogP contribution in [0, 0.1) is 12.3 Å². The first-order chi connectivity index (χ1) is 10.8. The number of hydrogen-bond donors (Lipinski definition) is 1. The Hall–Kier alpha value is -1.65. The van der Waals surface area contributed by atoms with Crippen molar-refractivity contribution < 1.29 is 9.84 Å². The van der Waals surface area contributed by atoms with Gasteiger partial charge in [0.25, 0.3) is 0 Å². The molecule has 1 N–H and O–H groups in total.